The molecule has 0 N–H and O–H groups in total. The third-order valence-electron chi connectivity index (χ3n) is 3.69. The maximum Gasteiger partial charge on any atom is 0.104 e. The third-order valence-corrected chi connectivity index (χ3v) is 3.69. The molecule has 0 amide bonds. The molecule has 0 atom stereocenters. The second-order valence-electron chi connectivity index (χ2n) is 5.52. The van der Waals surface area contributed by atoms with Crippen molar-refractivity contribution in [3.8, 4) is 0 Å². The number of hydrogen-bond donors (Lipinski definition) is 0. The van der Waals surface area contributed by atoms with Crippen molar-refractivity contribution in [1.82, 2.24) is 0 Å². The van der Waals surface area contributed by atoms with E-state index in [1.807, 2.05) is 6.92 Å². The van der Waals surface area contributed by atoms with E-state index >= 15 is 0 Å². The number of unbranched alkanes of at least 4 members (excludes halogenated alkanes) is 8. The first kappa shape index (κ1) is 15.3. The van der Waals surface area contributed by atoms with E-state index in [1.54, 1.807) is 0 Å². The van der Waals surface area contributed by atoms with E-state index in [1.165, 1.54) is 69.8 Å². The first-order valence-corrected chi connectivity index (χ1v) is 7.80. The Balaban J connectivity index is 1.94. The van der Waals surface area contributed by atoms with Gasteiger partial charge in [-0.25, -0.2) is 0 Å². The zero-order chi connectivity index (χ0) is 13.2. The molecule has 0 bridgehead atoms. The molecule has 0 radical (unpaired) electrons. The molecule has 1 rings (SSSR count). The summed E-state index contributed by atoms with van der Waals surface area (Å²) >= 11 is 0. The predicted octanol–water partition coefficient (Wildman–Crippen LogP) is 5.97. The number of hydrogen-bond acceptors (Lipinski definition) is 1. The maximum absolute atomic E-state index is 5.55. The summed E-state index contributed by atoms with van der Waals surface area (Å²) in [4.78, 5) is 0. The molecule has 0 aliphatic rings. The first-order chi connectivity index (χ1) is 8.74. The van der Waals surface area contributed by atoms with Crippen LogP contribution in [0.1, 0.15) is 81.8 Å². The van der Waals surface area contributed by atoms with Crippen LogP contribution in [0, 0.1) is 13.8 Å². The van der Waals surface area contributed by atoms with Crippen molar-refractivity contribution in [3.63, 3.8) is 0 Å². The van der Waals surface area contributed by atoms with Crippen molar-refractivity contribution in [2.24, 2.45) is 0 Å². The highest BCUT2D eigenvalue weighted by Gasteiger charge is 2.03. The molecule has 0 unspecified atom stereocenters. The molecule has 1 heteroatoms. The summed E-state index contributed by atoms with van der Waals surface area (Å²) < 4.78 is 5.55. The van der Waals surface area contributed by atoms with Crippen molar-refractivity contribution in [2.75, 3.05) is 0 Å². The lowest BCUT2D eigenvalue weighted by Crippen LogP contribution is -1.86. The average Bonchev–Trinajstić information content (AvgIpc) is 2.66. The van der Waals surface area contributed by atoms with Crippen molar-refractivity contribution in [1.29, 1.82) is 0 Å². The number of rotatable bonds is 10. The minimum absolute atomic E-state index is 1.05. The lowest BCUT2D eigenvalue weighted by Gasteiger charge is -2.02. The van der Waals surface area contributed by atoms with Gasteiger partial charge in [0.2, 0.25) is 0 Å². The molecule has 1 aromatic rings. The summed E-state index contributed by atoms with van der Waals surface area (Å²) in [5.41, 5.74) is 1.41. The summed E-state index contributed by atoms with van der Waals surface area (Å²) in [6.07, 6.45) is 13.8. The zero-order valence-corrected chi connectivity index (χ0v) is 12.6. The molecule has 0 aliphatic heterocycles. The van der Waals surface area contributed by atoms with E-state index in [2.05, 4.69) is 19.9 Å². The standard InChI is InChI=1S/C17H30O/c1-4-5-6-7-8-9-10-11-12-13-17-14-15(2)18-16(17)3/h14H,4-13H2,1-3H3. The summed E-state index contributed by atoms with van der Waals surface area (Å²) in [6, 6.07) is 2.19. The van der Waals surface area contributed by atoms with Crippen LogP contribution < -0.4 is 0 Å². The highest BCUT2D eigenvalue weighted by atomic mass is 16.3. The predicted molar refractivity (Wildman–Crippen MR) is 79.1 cm³/mol. The van der Waals surface area contributed by atoms with Gasteiger partial charge in [-0.3, -0.25) is 0 Å². The van der Waals surface area contributed by atoms with Gasteiger partial charge in [-0.2, -0.15) is 0 Å². The van der Waals surface area contributed by atoms with Gasteiger partial charge in [-0.15, -0.1) is 0 Å². The number of furan rings is 1. The minimum atomic E-state index is 1.05. The molecule has 1 heterocycles. The molecule has 1 aromatic heterocycles. The van der Waals surface area contributed by atoms with Crippen LogP contribution in [0.5, 0.6) is 0 Å². The largest absolute Gasteiger partial charge is 0.466 e. The van der Waals surface area contributed by atoms with E-state index in [4.69, 9.17) is 4.42 Å². The highest BCUT2D eigenvalue weighted by Crippen LogP contribution is 2.17. The van der Waals surface area contributed by atoms with Gasteiger partial charge in [0.1, 0.15) is 11.5 Å². The van der Waals surface area contributed by atoms with Crippen molar-refractivity contribution >= 4 is 0 Å². The van der Waals surface area contributed by atoms with Gasteiger partial charge in [0.15, 0.2) is 0 Å². The monoisotopic (exact) mass is 250 g/mol. The average molecular weight is 250 g/mol. The highest BCUT2D eigenvalue weighted by molar-refractivity contribution is 5.19. The van der Waals surface area contributed by atoms with E-state index in [9.17, 15) is 0 Å². The molecule has 0 saturated carbocycles. The summed E-state index contributed by atoms with van der Waals surface area (Å²) in [5, 5.41) is 0. The summed E-state index contributed by atoms with van der Waals surface area (Å²) in [5.74, 6) is 2.17. The van der Waals surface area contributed by atoms with E-state index < -0.39 is 0 Å². The Bertz CT molecular complexity index is 311. The van der Waals surface area contributed by atoms with Crippen LogP contribution in [0.4, 0.5) is 0 Å². The fraction of sp³-hybridized carbons (Fsp3) is 0.765. The quantitative estimate of drug-likeness (QED) is 0.466. The topological polar surface area (TPSA) is 13.1 Å². The first-order valence-electron chi connectivity index (χ1n) is 7.80. The Hall–Kier alpha value is -0.720. The van der Waals surface area contributed by atoms with Crippen LogP contribution in [-0.2, 0) is 6.42 Å². The Kier molecular flexibility index (Phi) is 7.88. The SMILES string of the molecule is CCCCCCCCCCCc1cc(C)oc1C. The van der Waals surface area contributed by atoms with Crippen LogP contribution >= 0.6 is 0 Å². The molecule has 1 nitrogen and oxygen atoms in total. The van der Waals surface area contributed by atoms with Crippen LogP contribution in [0.3, 0.4) is 0 Å². The van der Waals surface area contributed by atoms with Gasteiger partial charge < -0.3 is 4.42 Å². The molecule has 0 aliphatic carbocycles. The third kappa shape index (κ3) is 6.28. The van der Waals surface area contributed by atoms with Gasteiger partial charge in [-0.1, -0.05) is 58.3 Å². The molecule has 0 aromatic carbocycles. The van der Waals surface area contributed by atoms with Crippen molar-refractivity contribution in [3.05, 3.63) is 23.2 Å². The normalized spacial score (nSPS) is 11.1. The van der Waals surface area contributed by atoms with Crippen LogP contribution in [-0.4, -0.2) is 0 Å². The van der Waals surface area contributed by atoms with Crippen LogP contribution in [0.2, 0.25) is 0 Å². The fourth-order valence-electron chi connectivity index (χ4n) is 2.56. The minimum Gasteiger partial charge on any atom is -0.466 e. The van der Waals surface area contributed by atoms with E-state index in [0.29, 0.717) is 0 Å². The van der Waals surface area contributed by atoms with Crippen molar-refractivity contribution < 1.29 is 4.42 Å². The second kappa shape index (κ2) is 9.24. The molecule has 0 spiro atoms. The fourth-order valence-corrected chi connectivity index (χ4v) is 2.56. The molecule has 0 fully saturated rings. The second-order valence-corrected chi connectivity index (χ2v) is 5.52. The Labute approximate surface area is 113 Å². The maximum atomic E-state index is 5.55. The molecule has 104 valence electrons. The van der Waals surface area contributed by atoms with Crippen LogP contribution in [0.15, 0.2) is 10.5 Å². The van der Waals surface area contributed by atoms with Gasteiger partial charge in [-0.05, 0) is 38.3 Å². The number of aryl methyl sites for hydroxylation is 3. The van der Waals surface area contributed by atoms with E-state index in [-0.39, 0.29) is 0 Å². The molecule has 0 saturated heterocycles. The van der Waals surface area contributed by atoms with Crippen LogP contribution in [0.25, 0.3) is 0 Å². The van der Waals surface area contributed by atoms with Gasteiger partial charge in [0, 0.05) is 0 Å². The Morgan fingerprint density at radius 2 is 1.39 bits per heavy atom. The smallest absolute Gasteiger partial charge is 0.104 e. The zero-order valence-electron chi connectivity index (χ0n) is 12.6. The summed E-state index contributed by atoms with van der Waals surface area (Å²) in [7, 11) is 0. The molecule has 18 heavy (non-hydrogen) atoms. The van der Waals surface area contributed by atoms with Gasteiger partial charge in [0.25, 0.3) is 0 Å². The lowest BCUT2D eigenvalue weighted by atomic mass is 10.0. The van der Waals surface area contributed by atoms with E-state index in [0.717, 1.165) is 11.5 Å². The molecular formula is C17H30O. The van der Waals surface area contributed by atoms with Gasteiger partial charge >= 0.3 is 0 Å². The van der Waals surface area contributed by atoms with Gasteiger partial charge in [0.05, 0.1) is 0 Å². The van der Waals surface area contributed by atoms with Crippen molar-refractivity contribution in [2.45, 2.75) is 85.0 Å². The molecular weight excluding hydrogens is 220 g/mol. The lowest BCUT2D eigenvalue weighted by molar-refractivity contribution is 0.499. The Morgan fingerprint density at radius 3 is 1.89 bits per heavy atom. The summed E-state index contributed by atoms with van der Waals surface area (Å²) in [6.45, 7) is 6.39. The Morgan fingerprint density at radius 1 is 0.833 bits per heavy atom.